The number of rotatable bonds is 4. The van der Waals surface area contributed by atoms with Crippen LogP contribution in [0.3, 0.4) is 0 Å². The molecule has 0 saturated heterocycles. The van der Waals surface area contributed by atoms with E-state index < -0.39 is 0 Å². The largest absolute Gasteiger partial charge is 0.501 e. The molecule has 0 aliphatic carbocycles. The van der Waals surface area contributed by atoms with Crippen molar-refractivity contribution in [2.75, 3.05) is 5.73 Å². The van der Waals surface area contributed by atoms with Crippen LogP contribution in [0.5, 0.6) is 5.75 Å². The molecule has 2 heterocycles. The maximum Gasteiger partial charge on any atom is 0.269 e. The fourth-order valence-corrected chi connectivity index (χ4v) is 2.76. The third kappa shape index (κ3) is 3.72. The Labute approximate surface area is 157 Å². The van der Waals surface area contributed by atoms with Crippen molar-refractivity contribution in [1.29, 1.82) is 0 Å². The summed E-state index contributed by atoms with van der Waals surface area (Å²) in [6.45, 7) is 13.1. The number of pyridine rings is 2. The van der Waals surface area contributed by atoms with E-state index >= 15 is 0 Å². The Bertz CT molecular complexity index is 1020. The van der Waals surface area contributed by atoms with E-state index in [0.717, 1.165) is 5.69 Å². The van der Waals surface area contributed by atoms with Crippen LogP contribution in [0.15, 0.2) is 42.6 Å². The SMILES string of the molecule is [C-]#[N+]c1c(N)nc(-c2cccc(F)c2)c(-c2ccc(C)nc2)c1OC(C)C. The topological polar surface area (TPSA) is 65.4 Å². The molecule has 5 nitrogen and oxygen atoms in total. The van der Waals surface area contributed by atoms with E-state index in [1.165, 1.54) is 12.1 Å². The monoisotopic (exact) mass is 362 g/mol. The number of anilines is 1. The molecule has 6 heteroatoms. The summed E-state index contributed by atoms with van der Waals surface area (Å²) in [5, 5.41) is 0. The molecule has 0 spiro atoms. The van der Waals surface area contributed by atoms with Gasteiger partial charge in [0.2, 0.25) is 0 Å². The highest BCUT2D eigenvalue weighted by Gasteiger charge is 2.23. The van der Waals surface area contributed by atoms with Gasteiger partial charge in [-0.3, -0.25) is 4.98 Å². The van der Waals surface area contributed by atoms with Gasteiger partial charge in [-0.15, -0.1) is 0 Å². The first-order valence-electron chi connectivity index (χ1n) is 8.47. The summed E-state index contributed by atoms with van der Waals surface area (Å²) in [6.07, 6.45) is 1.50. The lowest BCUT2D eigenvalue weighted by Gasteiger charge is -2.20. The molecular weight excluding hydrogens is 343 g/mol. The van der Waals surface area contributed by atoms with Crippen LogP contribution in [0.2, 0.25) is 0 Å². The number of halogens is 1. The van der Waals surface area contributed by atoms with E-state index in [-0.39, 0.29) is 23.4 Å². The van der Waals surface area contributed by atoms with Gasteiger partial charge in [0, 0.05) is 28.6 Å². The van der Waals surface area contributed by atoms with E-state index in [0.29, 0.717) is 28.1 Å². The van der Waals surface area contributed by atoms with Crippen molar-refractivity contribution >= 4 is 11.5 Å². The van der Waals surface area contributed by atoms with Gasteiger partial charge in [-0.05, 0) is 39.0 Å². The molecule has 0 aliphatic heterocycles. The number of hydrogen-bond acceptors (Lipinski definition) is 4. The predicted octanol–water partition coefficient (Wildman–Crippen LogP) is 5.18. The van der Waals surface area contributed by atoms with Gasteiger partial charge in [-0.2, -0.15) is 0 Å². The molecule has 27 heavy (non-hydrogen) atoms. The molecule has 0 amide bonds. The first-order chi connectivity index (χ1) is 12.9. The Morgan fingerprint density at radius 2 is 1.96 bits per heavy atom. The van der Waals surface area contributed by atoms with Crippen LogP contribution in [0.25, 0.3) is 27.2 Å². The van der Waals surface area contributed by atoms with Crippen LogP contribution in [-0.2, 0) is 0 Å². The van der Waals surface area contributed by atoms with Crippen molar-refractivity contribution in [1.82, 2.24) is 9.97 Å². The molecule has 0 unspecified atom stereocenters. The second-order valence-electron chi connectivity index (χ2n) is 6.38. The molecule has 3 aromatic rings. The fraction of sp³-hybridized carbons (Fsp3) is 0.190. The van der Waals surface area contributed by atoms with Gasteiger partial charge in [0.25, 0.3) is 5.69 Å². The van der Waals surface area contributed by atoms with Crippen LogP contribution < -0.4 is 10.5 Å². The van der Waals surface area contributed by atoms with Crippen molar-refractivity contribution in [3.05, 3.63) is 65.5 Å². The number of nitrogens with zero attached hydrogens (tertiary/aromatic N) is 3. The van der Waals surface area contributed by atoms with Gasteiger partial charge in [-0.1, -0.05) is 18.2 Å². The quantitative estimate of drug-likeness (QED) is 0.650. The molecule has 0 atom stereocenters. The van der Waals surface area contributed by atoms with E-state index in [4.69, 9.17) is 17.0 Å². The summed E-state index contributed by atoms with van der Waals surface area (Å²) in [4.78, 5) is 12.3. The Kier molecular flexibility index (Phi) is 5.04. The maximum atomic E-state index is 13.8. The number of ether oxygens (including phenoxy) is 1. The molecule has 0 radical (unpaired) electrons. The fourth-order valence-electron chi connectivity index (χ4n) is 2.76. The summed E-state index contributed by atoms with van der Waals surface area (Å²) in [5.74, 6) is -0.0115. The van der Waals surface area contributed by atoms with Crippen molar-refractivity contribution in [2.45, 2.75) is 26.9 Å². The smallest absolute Gasteiger partial charge is 0.269 e. The summed E-state index contributed by atoms with van der Waals surface area (Å²) in [7, 11) is 0. The minimum absolute atomic E-state index is 0.0451. The van der Waals surface area contributed by atoms with E-state index in [1.807, 2.05) is 32.9 Å². The Morgan fingerprint density at radius 3 is 2.56 bits per heavy atom. The van der Waals surface area contributed by atoms with Crippen LogP contribution in [-0.4, -0.2) is 16.1 Å². The molecule has 0 bridgehead atoms. The summed E-state index contributed by atoms with van der Waals surface area (Å²) < 4.78 is 19.8. The van der Waals surface area contributed by atoms with Gasteiger partial charge < -0.3 is 10.5 Å². The van der Waals surface area contributed by atoms with Gasteiger partial charge in [-0.25, -0.2) is 14.2 Å². The second-order valence-corrected chi connectivity index (χ2v) is 6.38. The van der Waals surface area contributed by atoms with Crippen molar-refractivity contribution < 1.29 is 9.13 Å². The summed E-state index contributed by atoms with van der Waals surface area (Å²) in [6, 6.07) is 9.82. The summed E-state index contributed by atoms with van der Waals surface area (Å²) >= 11 is 0. The maximum absolute atomic E-state index is 13.8. The molecular formula is C21H19FN4O. The highest BCUT2D eigenvalue weighted by molar-refractivity contribution is 5.93. The third-order valence-electron chi connectivity index (χ3n) is 3.92. The molecule has 0 aliphatic rings. The average Bonchev–Trinajstić information content (AvgIpc) is 2.62. The van der Waals surface area contributed by atoms with Gasteiger partial charge in [0.1, 0.15) is 17.4 Å². The zero-order valence-electron chi connectivity index (χ0n) is 15.3. The minimum atomic E-state index is -0.388. The molecule has 1 aromatic carbocycles. The lowest BCUT2D eigenvalue weighted by Crippen LogP contribution is -2.09. The number of nitrogen functional groups attached to an aromatic ring is 1. The Balaban J connectivity index is 2.40. The average molecular weight is 362 g/mol. The molecule has 3 rings (SSSR count). The zero-order valence-corrected chi connectivity index (χ0v) is 15.3. The molecule has 0 saturated carbocycles. The first kappa shape index (κ1) is 18.3. The standard InChI is InChI=1S/C21H19FN4O/c1-12(2)27-20-17(15-9-8-13(3)25-11-15)18(26-21(23)19(20)24-4)14-6-5-7-16(22)10-14/h5-12H,1-3H3,(H2,23,26). The van der Waals surface area contributed by atoms with Crippen LogP contribution in [0, 0.1) is 19.3 Å². The zero-order chi connectivity index (χ0) is 19.6. The van der Waals surface area contributed by atoms with Gasteiger partial charge in [0.05, 0.1) is 18.4 Å². The van der Waals surface area contributed by atoms with Crippen molar-refractivity contribution in [3.8, 4) is 28.1 Å². The number of aromatic nitrogens is 2. The van der Waals surface area contributed by atoms with Crippen LogP contribution in [0.4, 0.5) is 15.9 Å². The number of benzene rings is 1. The number of hydrogen-bond donors (Lipinski definition) is 1. The van der Waals surface area contributed by atoms with Gasteiger partial charge in [0.15, 0.2) is 0 Å². The first-order valence-corrected chi connectivity index (χ1v) is 8.47. The lowest BCUT2D eigenvalue weighted by molar-refractivity contribution is 0.245. The van der Waals surface area contributed by atoms with Crippen molar-refractivity contribution in [3.63, 3.8) is 0 Å². The third-order valence-corrected chi connectivity index (χ3v) is 3.92. The molecule has 0 fully saturated rings. The van der Waals surface area contributed by atoms with E-state index in [2.05, 4.69) is 14.8 Å². The van der Waals surface area contributed by atoms with Crippen LogP contribution in [0.1, 0.15) is 19.5 Å². The summed E-state index contributed by atoms with van der Waals surface area (Å²) in [5.41, 5.74) is 9.31. The molecule has 136 valence electrons. The Hall–Kier alpha value is -3.46. The number of nitrogens with two attached hydrogens (primary N) is 1. The minimum Gasteiger partial charge on any atom is -0.501 e. The number of aryl methyl sites for hydroxylation is 1. The second kappa shape index (κ2) is 7.42. The van der Waals surface area contributed by atoms with Gasteiger partial charge >= 0.3 is 0 Å². The lowest BCUT2D eigenvalue weighted by atomic mass is 9.98. The Morgan fingerprint density at radius 1 is 1.19 bits per heavy atom. The molecule has 2 N–H and O–H groups in total. The van der Waals surface area contributed by atoms with Crippen LogP contribution >= 0.6 is 0 Å². The van der Waals surface area contributed by atoms with Crippen molar-refractivity contribution in [2.24, 2.45) is 0 Å². The predicted molar refractivity (Wildman–Crippen MR) is 104 cm³/mol. The van der Waals surface area contributed by atoms with E-state index in [9.17, 15) is 4.39 Å². The highest BCUT2D eigenvalue weighted by Crippen LogP contribution is 2.46. The molecule has 2 aromatic heterocycles. The highest BCUT2D eigenvalue weighted by atomic mass is 19.1. The van der Waals surface area contributed by atoms with E-state index in [1.54, 1.807) is 18.3 Å². The normalized spacial score (nSPS) is 10.7.